The van der Waals surface area contributed by atoms with E-state index in [1.807, 2.05) is 31.2 Å². The number of hydrogen-bond donors (Lipinski definition) is 0. The maximum Gasteiger partial charge on any atom is 0.224 e. The van der Waals surface area contributed by atoms with Gasteiger partial charge in [-0.2, -0.15) is 0 Å². The van der Waals surface area contributed by atoms with E-state index in [0.29, 0.717) is 5.88 Å². The van der Waals surface area contributed by atoms with Gasteiger partial charge in [-0.05, 0) is 44.5 Å². The van der Waals surface area contributed by atoms with Crippen LogP contribution in [0.15, 0.2) is 30.6 Å². The van der Waals surface area contributed by atoms with Crippen LogP contribution in [0.5, 0.6) is 11.6 Å². The molecule has 0 saturated heterocycles. The van der Waals surface area contributed by atoms with Gasteiger partial charge in [0.25, 0.3) is 0 Å². The van der Waals surface area contributed by atoms with Crippen molar-refractivity contribution in [1.29, 1.82) is 0 Å². The zero-order valence-electron chi connectivity index (χ0n) is 11.9. The summed E-state index contributed by atoms with van der Waals surface area (Å²) in [6, 6.07) is 7.38. The van der Waals surface area contributed by atoms with Crippen molar-refractivity contribution in [3.63, 3.8) is 0 Å². The van der Waals surface area contributed by atoms with E-state index < -0.39 is 0 Å². The van der Waals surface area contributed by atoms with Crippen molar-refractivity contribution in [1.82, 2.24) is 9.97 Å². The molecule has 106 valence electrons. The number of rotatable bonds is 5. The molecule has 0 unspecified atom stereocenters. The summed E-state index contributed by atoms with van der Waals surface area (Å²) in [6.07, 6.45) is 1.52. The SMILES string of the molecule is CCN(CC)c1cc(Oc2ccc(Cl)c(C)c2)ncn1. The minimum atomic E-state index is 0.531. The third-order valence-corrected chi connectivity index (χ3v) is 3.49. The molecule has 0 radical (unpaired) electrons. The largest absolute Gasteiger partial charge is 0.439 e. The third kappa shape index (κ3) is 3.39. The van der Waals surface area contributed by atoms with Gasteiger partial charge in [0.05, 0.1) is 0 Å². The molecule has 2 rings (SSSR count). The van der Waals surface area contributed by atoms with Crippen LogP contribution in [0.3, 0.4) is 0 Å². The van der Waals surface area contributed by atoms with Crippen molar-refractivity contribution in [3.05, 3.63) is 41.2 Å². The molecule has 0 N–H and O–H groups in total. The molecular weight excluding hydrogens is 274 g/mol. The second kappa shape index (κ2) is 6.57. The molecule has 0 bridgehead atoms. The molecule has 5 heteroatoms. The van der Waals surface area contributed by atoms with E-state index >= 15 is 0 Å². The number of benzene rings is 1. The van der Waals surface area contributed by atoms with Gasteiger partial charge in [0.2, 0.25) is 5.88 Å². The quantitative estimate of drug-likeness (QED) is 0.832. The molecular formula is C15H18ClN3O. The number of nitrogens with zero attached hydrogens (tertiary/aromatic N) is 3. The number of aryl methyl sites for hydroxylation is 1. The Bertz CT molecular complexity index is 585. The zero-order valence-corrected chi connectivity index (χ0v) is 12.7. The van der Waals surface area contributed by atoms with E-state index in [-0.39, 0.29) is 0 Å². The van der Waals surface area contributed by atoms with Gasteiger partial charge in [-0.15, -0.1) is 0 Å². The third-order valence-electron chi connectivity index (χ3n) is 3.07. The molecule has 0 aliphatic carbocycles. The standard InChI is InChI=1S/C15H18ClN3O/c1-4-19(5-2)14-9-15(18-10-17-14)20-12-6-7-13(16)11(3)8-12/h6-10H,4-5H2,1-3H3. The van der Waals surface area contributed by atoms with Crippen molar-refractivity contribution in [3.8, 4) is 11.6 Å². The Morgan fingerprint density at radius 1 is 1.15 bits per heavy atom. The summed E-state index contributed by atoms with van der Waals surface area (Å²) in [6.45, 7) is 7.92. The highest BCUT2D eigenvalue weighted by atomic mass is 35.5. The summed E-state index contributed by atoms with van der Waals surface area (Å²) in [4.78, 5) is 10.6. The molecule has 1 aromatic carbocycles. The average molecular weight is 292 g/mol. The summed E-state index contributed by atoms with van der Waals surface area (Å²) in [5.74, 6) is 2.12. The molecule has 0 amide bonds. The van der Waals surface area contributed by atoms with Gasteiger partial charge in [0.1, 0.15) is 17.9 Å². The van der Waals surface area contributed by atoms with Crippen molar-refractivity contribution in [2.24, 2.45) is 0 Å². The zero-order chi connectivity index (χ0) is 14.5. The van der Waals surface area contributed by atoms with Gasteiger partial charge >= 0.3 is 0 Å². The topological polar surface area (TPSA) is 38.2 Å². The predicted octanol–water partition coefficient (Wildman–Crippen LogP) is 4.08. The normalized spacial score (nSPS) is 10.4. The van der Waals surface area contributed by atoms with Gasteiger partial charge in [0, 0.05) is 24.2 Å². The Hall–Kier alpha value is -1.81. The molecule has 1 heterocycles. The summed E-state index contributed by atoms with van der Waals surface area (Å²) >= 11 is 6.00. The number of aromatic nitrogens is 2. The highest BCUT2D eigenvalue weighted by Gasteiger charge is 2.07. The first-order valence-electron chi connectivity index (χ1n) is 6.65. The Balaban J connectivity index is 2.21. The molecule has 4 nitrogen and oxygen atoms in total. The van der Waals surface area contributed by atoms with E-state index in [1.165, 1.54) is 6.33 Å². The fraction of sp³-hybridized carbons (Fsp3) is 0.333. The predicted molar refractivity (Wildman–Crippen MR) is 81.9 cm³/mol. The van der Waals surface area contributed by atoms with Crippen LogP contribution in [0.4, 0.5) is 5.82 Å². The molecule has 0 aliphatic rings. The highest BCUT2D eigenvalue weighted by Crippen LogP contribution is 2.26. The average Bonchev–Trinajstić information content (AvgIpc) is 2.45. The fourth-order valence-corrected chi connectivity index (χ4v) is 2.03. The first-order valence-corrected chi connectivity index (χ1v) is 7.02. The van der Waals surface area contributed by atoms with Crippen LogP contribution in [0.25, 0.3) is 0 Å². The maximum atomic E-state index is 6.00. The van der Waals surface area contributed by atoms with Crippen LogP contribution in [0, 0.1) is 6.92 Å². The second-order valence-corrected chi connectivity index (χ2v) is 4.81. The van der Waals surface area contributed by atoms with Gasteiger partial charge in [-0.25, -0.2) is 9.97 Å². The second-order valence-electron chi connectivity index (χ2n) is 4.40. The Kier molecular flexibility index (Phi) is 4.79. The molecule has 0 aliphatic heterocycles. The number of halogens is 1. The van der Waals surface area contributed by atoms with Crippen LogP contribution in [-0.2, 0) is 0 Å². The van der Waals surface area contributed by atoms with Crippen LogP contribution in [-0.4, -0.2) is 23.1 Å². The first kappa shape index (κ1) is 14.6. The lowest BCUT2D eigenvalue weighted by molar-refractivity contribution is 0.461. The maximum absolute atomic E-state index is 6.00. The lowest BCUT2D eigenvalue weighted by Crippen LogP contribution is -2.22. The van der Waals surface area contributed by atoms with E-state index in [2.05, 4.69) is 28.7 Å². The smallest absolute Gasteiger partial charge is 0.224 e. The minimum absolute atomic E-state index is 0.531. The Morgan fingerprint density at radius 2 is 1.90 bits per heavy atom. The molecule has 0 fully saturated rings. The van der Waals surface area contributed by atoms with Crippen molar-refractivity contribution in [2.45, 2.75) is 20.8 Å². The van der Waals surface area contributed by atoms with Gasteiger partial charge in [-0.3, -0.25) is 0 Å². The summed E-state index contributed by atoms with van der Waals surface area (Å²) < 4.78 is 5.76. The van der Waals surface area contributed by atoms with Gasteiger partial charge in [-0.1, -0.05) is 11.6 Å². The summed E-state index contributed by atoms with van der Waals surface area (Å²) in [5.41, 5.74) is 0.974. The van der Waals surface area contributed by atoms with Crippen molar-refractivity contribution >= 4 is 17.4 Å². The highest BCUT2D eigenvalue weighted by molar-refractivity contribution is 6.31. The molecule has 2 aromatic rings. The van der Waals surface area contributed by atoms with Crippen molar-refractivity contribution < 1.29 is 4.74 Å². The monoisotopic (exact) mass is 291 g/mol. The fourth-order valence-electron chi connectivity index (χ4n) is 1.91. The van der Waals surface area contributed by atoms with Crippen molar-refractivity contribution in [2.75, 3.05) is 18.0 Å². The first-order chi connectivity index (χ1) is 9.63. The minimum Gasteiger partial charge on any atom is -0.439 e. The van der Waals surface area contributed by atoms with Gasteiger partial charge in [0.15, 0.2) is 0 Å². The molecule has 1 aromatic heterocycles. The molecule has 0 atom stereocenters. The van der Waals surface area contributed by atoms with Crippen LogP contribution in [0.2, 0.25) is 5.02 Å². The Morgan fingerprint density at radius 3 is 2.55 bits per heavy atom. The molecule has 20 heavy (non-hydrogen) atoms. The molecule has 0 saturated carbocycles. The van der Waals surface area contributed by atoms with Crippen LogP contribution < -0.4 is 9.64 Å². The number of hydrogen-bond acceptors (Lipinski definition) is 4. The number of anilines is 1. The lowest BCUT2D eigenvalue weighted by atomic mass is 10.2. The van der Waals surface area contributed by atoms with E-state index in [0.717, 1.165) is 35.2 Å². The van der Waals surface area contributed by atoms with E-state index in [4.69, 9.17) is 16.3 Å². The van der Waals surface area contributed by atoms with E-state index in [9.17, 15) is 0 Å². The summed E-state index contributed by atoms with van der Waals surface area (Å²) in [7, 11) is 0. The van der Waals surface area contributed by atoms with E-state index in [1.54, 1.807) is 0 Å². The Labute approximate surface area is 124 Å². The number of ether oxygens (including phenoxy) is 1. The summed E-state index contributed by atoms with van der Waals surface area (Å²) in [5, 5.41) is 0.726. The lowest BCUT2D eigenvalue weighted by Gasteiger charge is -2.19. The van der Waals surface area contributed by atoms with Gasteiger partial charge < -0.3 is 9.64 Å². The van der Waals surface area contributed by atoms with Crippen LogP contribution in [0.1, 0.15) is 19.4 Å². The van der Waals surface area contributed by atoms with Crippen LogP contribution >= 0.6 is 11.6 Å². The molecule has 0 spiro atoms.